The number of nitrogens with one attached hydrogen (secondary N) is 1. The van der Waals surface area contributed by atoms with E-state index in [9.17, 15) is 18.8 Å². The predicted molar refractivity (Wildman–Crippen MR) is 104 cm³/mol. The number of aromatic nitrogens is 2. The Balaban J connectivity index is 1.53. The highest BCUT2D eigenvalue weighted by molar-refractivity contribution is 5.80. The summed E-state index contributed by atoms with van der Waals surface area (Å²) >= 11 is 0. The SMILES string of the molecule is O=C(Cn1c(=O)c(=O)[nH]c2cc(F)ccc21)N1CCN(c2ccccc2)CC1. The number of hydrogen-bond acceptors (Lipinski definition) is 4. The molecular weight excluding hydrogens is 363 g/mol. The molecule has 28 heavy (non-hydrogen) atoms. The van der Waals surface area contributed by atoms with Gasteiger partial charge in [-0.3, -0.25) is 19.0 Å². The van der Waals surface area contributed by atoms with E-state index in [0.717, 1.165) is 16.3 Å². The second-order valence-corrected chi connectivity index (χ2v) is 6.71. The molecular formula is C20H19FN4O3. The van der Waals surface area contributed by atoms with E-state index in [0.29, 0.717) is 31.7 Å². The number of nitrogens with zero attached hydrogens (tertiary/aromatic N) is 3. The van der Waals surface area contributed by atoms with Crippen molar-refractivity contribution in [2.24, 2.45) is 0 Å². The van der Waals surface area contributed by atoms with Gasteiger partial charge in [-0.2, -0.15) is 0 Å². The standard InChI is InChI=1S/C20H19FN4O3/c21-14-6-7-17-16(12-14)22-19(27)20(28)25(17)13-18(26)24-10-8-23(9-11-24)15-4-2-1-3-5-15/h1-7,12H,8-11,13H2,(H,22,27). The van der Waals surface area contributed by atoms with E-state index >= 15 is 0 Å². The first-order valence-electron chi connectivity index (χ1n) is 9.03. The first kappa shape index (κ1) is 18.0. The molecule has 0 aliphatic carbocycles. The van der Waals surface area contributed by atoms with E-state index in [1.165, 1.54) is 12.1 Å². The van der Waals surface area contributed by atoms with Crippen molar-refractivity contribution in [1.29, 1.82) is 0 Å². The Morgan fingerprint density at radius 1 is 1.00 bits per heavy atom. The molecule has 3 aromatic rings. The summed E-state index contributed by atoms with van der Waals surface area (Å²) in [5.41, 5.74) is -0.0859. The molecule has 0 atom stereocenters. The number of aromatic amines is 1. The summed E-state index contributed by atoms with van der Waals surface area (Å²) in [7, 11) is 0. The quantitative estimate of drug-likeness (QED) is 0.690. The van der Waals surface area contributed by atoms with Crippen molar-refractivity contribution in [2.45, 2.75) is 6.54 Å². The van der Waals surface area contributed by atoms with Crippen molar-refractivity contribution in [3.63, 3.8) is 0 Å². The third-order valence-electron chi connectivity index (χ3n) is 4.98. The Hall–Kier alpha value is -3.42. The molecule has 1 aromatic heterocycles. The third kappa shape index (κ3) is 3.40. The maximum atomic E-state index is 13.4. The smallest absolute Gasteiger partial charge is 0.317 e. The van der Waals surface area contributed by atoms with Gasteiger partial charge < -0.3 is 14.8 Å². The van der Waals surface area contributed by atoms with Gasteiger partial charge in [-0.15, -0.1) is 0 Å². The Labute approximate surface area is 159 Å². The lowest BCUT2D eigenvalue weighted by Gasteiger charge is -2.36. The van der Waals surface area contributed by atoms with Crippen LogP contribution in [0.3, 0.4) is 0 Å². The molecule has 0 bridgehead atoms. The molecule has 1 fully saturated rings. The number of rotatable bonds is 3. The van der Waals surface area contributed by atoms with Crippen molar-refractivity contribution in [1.82, 2.24) is 14.5 Å². The van der Waals surface area contributed by atoms with Crippen LogP contribution in [0.5, 0.6) is 0 Å². The van der Waals surface area contributed by atoms with Crippen molar-refractivity contribution in [3.05, 3.63) is 75.1 Å². The first-order valence-corrected chi connectivity index (χ1v) is 9.03. The van der Waals surface area contributed by atoms with E-state index in [1.807, 2.05) is 30.3 Å². The first-order chi connectivity index (χ1) is 13.5. The second kappa shape index (κ2) is 7.30. The molecule has 1 aliphatic rings. The number of piperazine rings is 1. The van der Waals surface area contributed by atoms with E-state index in [2.05, 4.69) is 9.88 Å². The van der Waals surface area contributed by atoms with Crippen molar-refractivity contribution >= 4 is 22.6 Å². The average molecular weight is 382 g/mol. The van der Waals surface area contributed by atoms with Gasteiger partial charge in [-0.25, -0.2) is 4.39 Å². The summed E-state index contributed by atoms with van der Waals surface area (Å²) in [6, 6.07) is 13.7. The molecule has 0 spiro atoms. The molecule has 8 heteroatoms. The molecule has 4 rings (SSSR count). The Morgan fingerprint density at radius 2 is 1.71 bits per heavy atom. The number of benzene rings is 2. The molecule has 1 aliphatic heterocycles. The monoisotopic (exact) mass is 382 g/mol. The van der Waals surface area contributed by atoms with Gasteiger partial charge in [-0.05, 0) is 30.3 Å². The lowest BCUT2D eigenvalue weighted by molar-refractivity contribution is -0.132. The van der Waals surface area contributed by atoms with Crippen LogP contribution in [0.15, 0.2) is 58.1 Å². The molecule has 2 heterocycles. The maximum absolute atomic E-state index is 13.4. The number of carbonyl (C=O) groups is 1. The number of para-hydroxylation sites is 1. The Bertz CT molecular complexity index is 1130. The fourth-order valence-corrected chi connectivity index (χ4v) is 3.50. The largest absolute Gasteiger partial charge is 0.368 e. The van der Waals surface area contributed by atoms with Crippen LogP contribution in [0.2, 0.25) is 0 Å². The molecule has 144 valence electrons. The van der Waals surface area contributed by atoms with Crippen LogP contribution in [0.25, 0.3) is 11.0 Å². The van der Waals surface area contributed by atoms with Gasteiger partial charge in [-0.1, -0.05) is 18.2 Å². The summed E-state index contributed by atoms with van der Waals surface area (Å²) in [6.45, 7) is 2.17. The maximum Gasteiger partial charge on any atom is 0.317 e. The van der Waals surface area contributed by atoms with Crippen LogP contribution in [-0.4, -0.2) is 46.5 Å². The molecule has 1 saturated heterocycles. The van der Waals surface area contributed by atoms with Gasteiger partial charge in [0.2, 0.25) is 5.91 Å². The highest BCUT2D eigenvalue weighted by atomic mass is 19.1. The van der Waals surface area contributed by atoms with Crippen LogP contribution in [0.4, 0.5) is 10.1 Å². The fourth-order valence-electron chi connectivity index (χ4n) is 3.50. The molecule has 1 amide bonds. The van der Waals surface area contributed by atoms with E-state index in [1.54, 1.807) is 4.90 Å². The van der Waals surface area contributed by atoms with Crippen molar-refractivity contribution in [2.75, 3.05) is 31.1 Å². The van der Waals surface area contributed by atoms with Gasteiger partial charge in [0.05, 0.1) is 11.0 Å². The number of amides is 1. The second-order valence-electron chi connectivity index (χ2n) is 6.71. The van der Waals surface area contributed by atoms with E-state index in [-0.39, 0.29) is 18.0 Å². The summed E-state index contributed by atoms with van der Waals surface area (Å²) in [6.07, 6.45) is 0. The number of carbonyl (C=O) groups excluding carboxylic acids is 1. The van der Waals surface area contributed by atoms with Gasteiger partial charge in [0, 0.05) is 31.9 Å². The van der Waals surface area contributed by atoms with Crippen LogP contribution in [0, 0.1) is 5.82 Å². The van der Waals surface area contributed by atoms with Crippen molar-refractivity contribution in [3.8, 4) is 0 Å². The van der Waals surface area contributed by atoms with Crippen LogP contribution in [0.1, 0.15) is 0 Å². The van der Waals surface area contributed by atoms with Gasteiger partial charge >= 0.3 is 11.1 Å². The number of fused-ring (bicyclic) bond motifs is 1. The van der Waals surface area contributed by atoms with Crippen molar-refractivity contribution < 1.29 is 9.18 Å². The minimum Gasteiger partial charge on any atom is -0.368 e. The van der Waals surface area contributed by atoms with Crippen LogP contribution in [-0.2, 0) is 11.3 Å². The summed E-state index contributed by atoms with van der Waals surface area (Å²) in [4.78, 5) is 43.1. The number of halogens is 1. The average Bonchev–Trinajstić information content (AvgIpc) is 2.72. The van der Waals surface area contributed by atoms with Gasteiger partial charge in [0.15, 0.2) is 0 Å². The zero-order valence-corrected chi connectivity index (χ0v) is 15.1. The molecule has 0 radical (unpaired) electrons. The molecule has 0 unspecified atom stereocenters. The van der Waals surface area contributed by atoms with Gasteiger partial charge in [0.25, 0.3) is 0 Å². The molecule has 2 aromatic carbocycles. The lowest BCUT2D eigenvalue weighted by atomic mass is 10.2. The van der Waals surface area contributed by atoms with Gasteiger partial charge in [0.1, 0.15) is 12.4 Å². The normalized spacial score (nSPS) is 14.5. The fraction of sp³-hybridized carbons (Fsp3) is 0.250. The molecule has 0 saturated carbocycles. The highest BCUT2D eigenvalue weighted by Crippen LogP contribution is 2.16. The Morgan fingerprint density at radius 3 is 2.43 bits per heavy atom. The number of H-pyrrole nitrogens is 1. The van der Waals surface area contributed by atoms with E-state index in [4.69, 9.17) is 0 Å². The topological polar surface area (TPSA) is 78.4 Å². The third-order valence-corrected chi connectivity index (χ3v) is 4.98. The minimum atomic E-state index is -0.875. The summed E-state index contributed by atoms with van der Waals surface area (Å²) < 4.78 is 14.6. The number of anilines is 1. The summed E-state index contributed by atoms with van der Waals surface area (Å²) in [5, 5.41) is 0. The lowest BCUT2D eigenvalue weighted by Crippen LogP contribution is -2.50. The minimum absolute atomic E-state index is 0.186. The molecule has 7 nitrogen and oxygen atoms in total. The Kier molecular flexibility index (Phi) is 4.68. The van der Waals surface area contributed by atoms with Crippen LogP contribution < -0.4 is 16.0 Å². The van der Waals surface area contributed by atoms with E-state index < -0.39 is 16.9 Å². The zero-order chi connectivity index (χ0) is 19.7. The number of hydrogen-bond donors (Lipinski definition) is 1. The molecule has 1 N–H and O–H groups in total. The zero-order valence-electron chi connectivity index (χ0n) is 15.1. The summed E-state index contributed by atoms with van der Waals surface area (Å²) in [5.74, 6) is -0.775. The van der Waals surface area contributed by atoms with Crippen LogP contribution >= 0.6 is 0 Å². The predicted octanol–water partition coefficient (Wildman–Crippen LogP) is 1.18. The highest BCUT2D eigenvalue weighted by Gasteiger charge is 2.22.